The number of rotatable bonds is 5. The van der Waals surface area contributed by atoms with Gasteiger partial charge in [-0.05, 0) is 65.0 Å². The summed E-state index contributed by atoms with van der Waals surface area (Å²) < 4.78 is 44.1. The van der Waals surface area contributed by atoms with Gasteiger partial charge in [0, 0.05) is 27.8 Å². The molecule has 0 saturated carbocycles. The molecule has 2 aromatic heterocycles. The Balaban J connectivity index is 1.71. The molecule has 4 nitrogen and oxygen atoms in total. The molecular weight excluding hydrogens is 449 g/mol. The highest BCUT2D eigenvalue weighted by Crippen LogP contribution is 2.36. The van der Waals surface area contributed by atoms with E-state index >= 15 is 0 Å². The highest BCUT2D eigenvalue weighted by Gasteiger charge is 2.31. The van der Waals surface area contributed by atoms with E-state index < -0.39 is 12.3 Å². The van der Waals surface area contributed by atoms with E-state index in [1.165, 1.54) is 18.2 Å². The molecule has 0 atom stereocenters. The van der Waals surface area contributed by atoms with E-state index in [0.717, 1.165) is 26.9 Å². The summed E-state index contributed by atoms with van der Waals surface area (Å²) in [7, 11) is 0. The summed E-state index contributed by atoms with van der Waals surface area (Å²) in [5.74, 6) is -0.847. The number of fused-ring (bicyclic) bond motifs is 3. The van der Waals surface area contributed by atoms with Crippen LogP contribution in [-0.2, 0) is 6.54 Å². The molecule has 0 aliphatic rings. The number of hydrogen-bond donors (Lipinski definition) is 1. The molecule has 0 fully saturated rings. The van der Waals surface area contributed by atoms with Gasteiger partial charge in [-0.2, -0.15) is 0 Å². The van der Waals surface area contributed by atoms with Crippen molar-refractivity contribution in [3.8, 4) is 16.2 Å². The zero-order valence-corrected chi connectivity index (χ0v) is 17.8. The minimum Gasteiger partial charge on any atom is -0.406 e. The summed E-state index contributed by atoms with van der Waals surface area (Å²) in [5.41, 5.74) is 9.11. The lowest BCUT2D eigenvalue weighted by atomic mass is 10.0. The molecular formula is C25H16F3N2O2S. The van der Waals surface area contributed by atoms with Crippen molar-refractivity contribution in [3.05, 3.63) is 89.3 Å². The molecule has 33 heavy (non-hydrogen) atoms. The van der Waals surface area contributed by atoms with Crippen molar-refractivity contribution in [2.45, 2.75) is 12.9 Å². The number of carbonyl (C=O) groups excluding carboxylic acids is 1. The van der Waals surface area contributed by atoms with Gasteiger partial charge in [-0.1, -0.05) is 24.3 Å². The zero-order chi connectivity index (χ0) is 23.2. The minimum atomic E-state index is -4.77. The quantitative estimate of drug-likeness (QED) is 0.328. The van der Waals surface area contributed by atoms with Gasteiger partial charge in [0.15, 0.2) is 0 Å². The number of hydrogen-bond acceptors (Lipinski definition) is 3. The first-order valence-electron chi connectivity index (χ1n) is 9.95. The molecule has 1 radical (unpaired) electrons. The normalized spacial score (nSPS) is 11.8. The van der Waals surface area contributed by atoms with Crippen molar-refractivity contribution in [1.29, 1.82) is 0 Å². The molecule has 0 aliphatic heterocycles. The van der Waals surface area contributed by atoms with Gasteiger partial charge in [-0.15, -0.1) is 24.5 Å². The van der Waals surface area contributed by atoms with E-state index in [4.69, 9.17) is 5.73 Å². The van der Waals surface area contributed by atoms with Gasteiger partial charge in [-0.3, -0.25) is 4.79 Å². The second-order valence-electron chi connectivity index (χ2n) is 7.47. The Hall–Kier alpha value is -3.78. The van der Waals surface area contributed by atoms with Crippen molar-refractivity contribution in [3.63, 3.8) is 0 Å². The van der Waals surface area contributed by atoms with Crippen LogP contribution in [0.3, 0.4) is 0 Å². The van der Waals surface area contributed by atoms with Gasteiger partial charge in [0.1, 0.15) is 5.75 Å². The van der Waals surface area contributed by atoms with Gasteiger partial charge in [0.25, 0.3) is 0 Å². The molecule has 1 amide bonds. The smallest absolute Gasteiger partial charge is 0.406 e. The summed E-state index contributed by atoms with van der Waals surface area (Å²) in [6.07, 6.45) is -4.77. The number of aromatic nitrogens is 1. The molecule has 0 aliphatic carbocycles. The standard InChI is InChI=1S/C25H16F3N2O2S/c26-25(27,28)32-17-5-1-4-15(12-17)14-30-20-7-2-6-19(24(29)31)23(20)18-10-9-16(13-21(18)30)22-8-3-11-33-22/h1-9,11-13H,14H2,(H2,29,31). The average Bonchev–Trinajstić information content (AvgIpc) is 3.40. The monoisotopic (exact) mass is 465 g/mol. The van der Waals surface area contributed by atoms with E-state index in [2.05, 4.69) is 10.8 Å². The predicted octanol–water partition coefficient (Wildman–Crippen LogP) is 6.37. The average molecular weight is 465 g/mol. The van der Waals surface area contributed by atoms with Crippen LogP contribution in [0.25, 0.3) is 32.2 Å². The van der Waals surface area contributed by atoms with Crippen LogP contribution in [-0.4, -0.2) is 16.8 Å². The maximum Gasteiger partial charge on any atom is 0.573 e. The number of ether oxygens (including phenoxy) is 1. The fraction of sp³-hybridized carbons (Fsp3) is 0.0800. The summed E-state index contributed by atoms with van der Waals surface area (Å²) in [6, 6.07) is 22.2. The second-order valence-corrected chi connectivity index (χ2v) is 8.42. The Bertz CT molecular complexity index is 1490. The van der Waals surface area contributed by atoms with E-state index in [0.29, 0.717) is 16.5 Å². The number of nitrogens with two attached hydrogens (primary N) is 1. The first kappa shape index (κ1) is 21.1. The van der Waals surface area contributed by atoms with Crippen LogP contribution in [0.15, 0.2) is 72.1 Å². The minimum absolute atomic E-state index is 0.263. The molecule has 2 heterocycles. The predicted molar refractivity (Wildman–Crippen MR) is 122 cm³/mol. The maximum atomic E-state index is 12.7. The van der Waals surface area contributed by atoms with Crippen LogP contribution >= 0.6 is 11.3 Å². The van der Waals surface area contributed by atoms with Crippen molar-refractivity contribution < 1.29 is 22.7 Å². The van der Waals surface area contributed by atoms with Crippen molar-refractivity contribution >= 4 is 39.0 Å². The number of benzene rings is 3. The molecule has 3 aromatic carbocycles. The fourth-order valence-electron chi connectivity index (χ4n) is 4.04. The lowest BCUT2D eigenvalue weighted by Gasteiger charge is -2.12. The number of amides is 1. The van der Waals surface area contributed by atoms with Crippen LogP contribution in [0.1, 0.15) is 15.9 Å². The summed E-state index contributed by atoms with van der Waals surface area (Å²) in [4.78, 5) is 13.2. The Kier molecular flexibility index (Phi) is 5.09. The maximum absolute atomic E-state index is 12.7. The van der Waals surface area contributed by atoms with Crippen LogP contribution in [0.4, 0.5) is 13.2 Å². The highest BCUT2D eigenvalue weighted by atomic mass is 32.1. The first-order valence-corrected chi connectivity index (χ1v) is 10.8. The van der Waals surface area contributed by atoms with E-state index in [1.807, 2.05) is 40.3 Å². The van der Waals surface area contributed by atoms with Gasteiger partial charge in [0.05, 0.1) is 11.0 Å². The number of nitrogens with zero attached hydrogens (tertiary/aromatic N) is 1. The van der Waals surface area contributed by atoms with Crippen LogP contribution in [0, 0.1) is 6.07 Å². The van der Waals surface area contributed by atoms with Crippen molar-refractivity contribution in [2.75, 3.05) is 0 Å². The third-order valence-electron chi connectivity index (χ3n) is 5.34. The molecule has 0 saturated heterocycles. The summed E-state index contributed by atoms with van der Waals surface area (Å²) in [6.45, 7) is 0.263. The van der Waals surface area contributed by atoms with E-state index in [1.54, 1.807) is 29.5 Å². The first-order chi connectivity index (χ1) is 15.8. The lowest BCUT2D eigenvalue weighted by molar-refractivity contribution is -0.274. The van der Waals surface area contributed by atoms with Crippen LogP contribution < -0.4 is 10.5 Å². The molecule has 5 aromatic rings. The van der Waals surface area contributed by atoms with Gasteiger partial charge in [-0.25, -0.2) is 0 Å². The van der Waals surface area contributed by atoms with E-state index in [9.17, 15) is 18.0 Å². The van der Waals surface area contributed by atoms with Crippen molar-refractivity contribution in [1.82, 2.24) is 4.57 Å². The van der Waals surface area contributed by atoms with Gasteiger partial charge >= 0.3 is 6.36 Å². The molecule has 165 valence electrons. The SMILES string of the molecule is NC(=O)c1cccc2c1c1[c]cc(-c3cccs3)cc1n2Cc1cccc(OC(F)(F)F)c1. The van der Waals surface area contributed by atoms with Crippen LogP contribution in [0.5, 0.6) is 5.75 Å². The second kappa shape index (κ2) is 7.97. The molecule has 0 unspecified atom stereocenters. The largest absolute Gasteiger partial charge is 0.573 e. The molecule has 0 spiro atoms. The Morgan fingerprint density at radius 2 is 1.88 bits per heavy atom. The molecule has 8 heteroatoms. The van der Waals surface area contributed by atoms with Gasteiger partial charge < -0.3 is 15.0 Å². The van der Waals surface area contributed by atoms with Gasteiger partial charge in [0.2, 0.25) is 5.91 Å². The Morgan fingerprint density at radius 3 is 2.61 bits per heavy atom. The highest BCUT2D eigenvalue weighted by molar-refractivity contribution is 7.13. The number of halogens is 3. The molecule has 5 rings (SSSR count). The molecule has 0 bridgehead atoms. The number of alkyl halides is 3. The number of primary amides is 1. The number of thiophene rings is 1. The Labute approximate surface area is 190 Å². The van der Waals surface area contributed by atoms with Crippen molar-refractivity contribution in [2.24, 2.45) is 5.73 Å². The fourth-order valence-corrected chi connectivity index (χ4v) is 4.75. The van der Waals surface area contributed by atoms with Crippen LogP contribution in [0.2, 0.25) is 0 Å². The lowest BCUT2D eigenvalue weighted by Crippen LogP contribution is -2.17. The van der Waals surface area contributed by atoms with E-state index in [-0.39, 0.29) is 12.3 Å². The molecule has 2 N–H and O–H groups in total. The summed E-state index contributed by atoms with van der Waals surface area (Å²) >= 11 is 1.59. The summed E-state index contributed by atoms with van der Waals surface area (Å²) in [5, 5.41) is 3.37. The third-order valence-corrected chi connectivity index (χ3v) is 6.26. The zero-order valence-electron chi connectivity index (χ0n) is 17.0. The third kappa shape index (κ3) is 4.05. The topological polar surface area (TPSA) is 57.2 Å². The Morgan fingerprint density at radius 1 is 1.06 bits per heavy atom. The number of carbonyl (C=O) groups is 1.